The van der Waals surface area contributed by atoms with E-state index in [0.717, 1.165) is 27.4 Å². The first kappa shape index (κ1) is 16.5. The Morgan fingerprint density at radius 3 is 2.75 bits per heavy atom. The largest absolute Gasteiger partial charge is 0.348 e. The standard InChI is InChI=1S/C18H20N4OS/c1-11-8-14-15(9-12(11)2)21-17(20-14)13-6-5-7-19-18(13)24-10-16(23)22(3)4/h5-9H,10H2,1-4H3,(H,20,21). The average Bonchev–Trinajstić information content (AvgIpc) is 2.95. The maximum atomic E-state index is 11.8. The molecule has 3 rings (SSSR count). The number of aromatic amines is 1. The molecule has 0 spiro atoms. The van der Waals surface area contributed by atoms with E-state index in [0.29, 0.717) is 5.75 Å². The van der Waals surface area contributed by atoms with Gasteiger partial charge in [-0.1, -0.05) is 11.8 Å². The Hall–Kier alpha value is -2.34. The van der Waals surface area contributed by atoms with Crippen LogP contribution in [0.15, 0.2) is 35.5 Å². The molecule has 0 saturated carbocycles. The van der Waals surface area contributed by atoms with Gasteiger partial charge in [-0.3, -0.25) is 4.79 Å². The van der Waals surface area contributed by atoms with E-state index in [1.165, 1.54) is 22.9 Å². The number of benzene rings is 1. The van der Waals surface area contributed by atoms with Crippen LogP contribution in [-0.2, 0) is 4.79 Å². The number of pyridine rings is 1. The minimum Gasteiger partial charge on any atom is -0.348 e. The van der Waals surface area contributed by atoms with Crippen molar-refractivity contribution in [2.45, 2.75) is 18.9 Å². The van der Waals surface area contributed by atoms with E-state index >= 15 is 0 Å². The Bertz CT molecular complexity index is 862. The van der Waals surface area contributed by atoms with Crippen LogP contribution in [0.1, 0.15) is 11.1 Å². The smallest absolute Gasteiger partial charge is 0.232 e. The van der Waals surface area contributed by atoms with Crippen molar-refractivity contribution in [3.8, 4) is 11.4 Å². The molecule has 1 aromatic carbocycles. The Balaban J connectivity index is 1.96. The fourth-order valence-electron chi connectivity index (χ4n) is 2.34. The highest BCUT2D eigenvalue weighted by atomic mass is 32.2. The van der Waals surface area contributed by atoms with Crippen molar-refractivity contribution in [1.29, 1.82) is 0 Å². The van der Waals surface area contributed by atoms with E-state index in [9.17, 15) is 4.79 Å². The van der Waals surface area contributed by atoms with Gasteiger partial charge in [-0.05, 0) is 49.2 Å². The maximum Gasteiger partial charge on any atom is 0.232 e. The second-order valence-corrected chi connectivity index (χ2v) is 6.94. The summed E-state index contributed by atoms with van der Waals surface area (Å²) < 4.78 is 0. The molecule has 0 radical (unpaired) electrons. The minimum absolute atomic E-state index is 0.0625. The first-order valence-electron chi connectivity index (χ1n) is 7.71. The molecule has 0 aliphatic heterocycles. The van der Waals surface area contributed by atoms with Crippen LogP contribution in [0.4, 0.5) is 0 Å². The predicted octanol–water partition coefficient (Wildman–Crippen LogP) is 3.42. The Morgan fingerprint density at radius 1 is 1.25 bits per heavy atom. The summed E-state index contributed by atoms with van der Waals surface area (Å²) in [6.45, 7) is 4.18. The van der Waals surface area contributed by atoms with Gasteiger partial charge in [-0.25, -0.2) is 9.97 Å². The van der Waals surface area contributed by atoms with E-state index in [4.69, 9.17) is 4.98 Å². The summed E-state index contributed by atoms with van der Waals surface area (Å²) >= 11 is 1.43. The van der Waals surface area contributed by atoms with Crippen molar-refractivity contribution in [2.75, 3.05) is 19.8 Å². The third-order valence-corrected chi connectivity index (χ3v) is 4.94. The van der Waals surface area contributed by atoms with E-state index in [1.807, 2.05) is 12.1 Å². The number of rotatable bonds is 4. The van der Waals surface area contributed by atoms with Gasteiger partial charge >= 0.3 is 0 Å². The Morgan fingerprint density at radius 2 is 2.00 bits per heavy atom. The molecule has 2 heterocycles. The van der Waals surface area contributed by atoms with Gasteiger partial charge in [0.1, 0.15) is 10.9 Å². The van der Waals surface area contributed by atoms with Gasteiger partial charge < -0.3 is 9.88 Å². The van der Waals surface area contributed by atoms with Gasteiger partial charge in [0.05, 0.1) is 16.8 Å². The second kappa shape index (κ2) is 6.65. The van der Waals surface area contributed by atoms with E-state index in [2.05, 4.69) is 35.9 Å². The number of imidazole rings is 1. The fourth-order valence-corrected chi connectivity index (χ4v) is 3.32. The fraction of sp³-hybridized carbons (Fsp3) is 0.278. The molecule has 5 nitrogen and oxygen atoms in total. The molecule has 0 bridgehead atoms. The van der Waals surface area contributed by atoms with Crippen LogP contribution in [0, 0.1) is 13.8 Å². The topological polar surface area (TPSA) is 61.9 Å². The summed E-state index contributed by atoms with van der Waals surface area (Å²) in [7, 11) is 3.51. The van der Waals surface area contributed by atoms with Crippen LogP contribution in [0.3, 0.4) is 0 Å². The number of aromatic nitrogens is 3. The van der Waals surface area contributed by atoms with E-state index < -0.39 is 0 Å². The highest BCUT2D eigenvalue weighted by molar-refractivity contribution is 8.00. The summed E-state index contributed by atoms with van der Waals surface area (Å²) in [6.07, 6.45) is 1.74. The normalized spacial score (nSPS) is 11.0. The monoisotopic (exact) mass is 340 g/mol. The van der Waals surface area contributed by atoms with Gasteiger partial charge in [0.15, 0.2) is 0 Å². The number of nitrogens with zero attached hydrogens (tertiary/aromatic N) is 3. The van der Waals surface area contributed by atoms with Gasteiger partial charge in [-0.2, -0.15) is 0 Å². The number of thioether (sulfide) groups is 1. The highest BCUT2D eigenvalue weighted by Crippen LogP contribution is 2.29. The molecule has 0 atom stereocenters. The van der Waals surface area contributed by atoms with Crippen LogP contribution in [0.25, 0.3) is 22.4 Å². The molecule has 0 unspecified atom stereocenters. The number of hydrogen-bond acceptors (Lipinski definition) is 4. The SMILES string of the molecule is Cc1cc2nc(-c3cccnc3SCC(=O)N(C)C)[nH]c2cc1C. The molecule has 1 N–H and O–H groups in total. The molecule has 0 fully saturated rings. The number of aryl methyl sites for hydroxylation is 2. The predicted molar refractivity (Wildman–Crippen MR) is 98.2 cm³/mol. The van der Waals surface area contributed by atoms with Crippen molar-refractivity contribution < 1.29 is 4.79 Å². The Kier molecular flexibility index (Phi) is 4.57. The number of carbonyl (C=O) groups excluding carboxylic acids is 1. The quantitative estimate of drug-likeness (QED) is 0.739. The summed E-state index contributed by atoms with van der Waals surface area (Å²) in [5, 5.41) is 0.806. The third kappa shape index (κ3) is 3.28. The van der Waals surface area contributed by atoms with Crippen molar-refractivity contribution >= 4 is 28.7 Å². The van der Waals surface area contributed by atoms with Crippen LogP contribution < -0.4 is 0 Å². The highest BCUT2D eigenvalue weighted by Gasteiger charge is 2.14. The van der Waals surface area contributed by atoms with Crippen molar-refractivity contribution in [3.05, 3.63) is 41.6 Å². The van der Waals surface area contributed by atoms with Crippen molar-refractivity contribution in [1.82, 2.24) is 19.9 Å². The molecule has 6 heteroatoms. The third-order valence-electron chi connectivity index (χ3n) is 3.95. The lowest BCUT2D eigenvalue weighted by atomic mass is 10.1. The zero-order chi connectivity index (χ0) is 17.3. The minimum atomic E-state index is 0.0625. The van der Waals surface area contributed by atoms with E-state index in [1.54, 1.807) is 25.2 Å². The molecule has 24 heavy (non-hydrogen) atoms. The lowest BCUT2D eigenvalue weighted by Gasteiger charge is -2.10. The lowest BCUT2D eigenvalue weighted by molar-refractivity contribution is -0.125. The summed E-state index contributed by atoms with van der Waals surface area (Å²) in [5.41, 5.74) is 5.32. The first-order chi connectivity index (χ1) is 11.5. The molecule has 0 aliphatic rings. The van der Waals surface area contributed by atoms with E-state index in [-0.39, 0.29) is 5.91 Å². The molecule has 124 valence electrons. The van der Waals surface area contributed by atoms with Crippen molar-refractivity contribution in [2.24, 2.45) is 0 Å². The number of hydrogen-bond donors (Lipinski definition) is 1. The maximum absolute atomic E-state index is 11.8. The molecule has 2 aromatic heterocycles. The van der Waals surface area contributed by atoms with Gasteiger partial charge in [-0.15, -0.1) is 0 Å². The summed E-state index contributed by atoms with van der Waals surface area (Å²) in [4.78, 5) is 25.9. The Labute approximate surface area is 145 Å². The van der Waals surface area contributed by atoms with Crippen LogP contribution in [-0.4, -0.2) is 45.6 Å². The van der Waals surface area contributed by atoms with Crippen molar-refractivity contribution in [3.63, 3.8) is 0 Å². The molecule has 0 aliphatic carbocycles. The second-order valence-electron chi connectivity index (χ2n) is 5.97. The van der Waals surface area contributed by atoms with Crippen LogP contribution in [0.2, 0.25) is 0 Å². The van der Waals surface area contributed by atoms with Gasteiger partial charge in [0.2, 0.25) is 5.91 Å². The number of H-pyrrole nitrogens is 1. The summed E-state index contributed by atoms with van der Waals surface area (Å²) in [6, 6.07) is 8.06. The molecular formula is C18H20N4OS. The van der Waals surface area contributed by atoms with Crippen LogP contribution >= 0.6 is 11.8 Å². The first-order valence-corrected chi connectivity index (χ1v) is 8.69. The zero-order valence-electron chi connectivity index (χ0n) is 14.3. The average molecular weight is 340 g/mol. The number of nitrogens with one attached hydrogen (secondary N) is 1. The molecule has 3 aromatic rings. The number of carbonyl (C=O) groups is 1. The van der Waals surface area contributed by atoms with Gasteiger partial charge in [0.25, 0.3) is 0 Å². The molecular weight excluding hydrogens is 320 g/mol. The zero-order valence-corrected chi connectivity index (χ0v) is 15.1. The lowest BCUT2D eigenvalue weighted by Crippen LogP contribution is -2.23. The number of amides is 1. The van der Waals surface area contributed by atoms with Crippen LogP contribution in [0.5, 0.6) is 0 Å². The number of fused-ring (bicyclic) bond motifs is 1. The molecule has 0 saturated heterocycles. The molecule has 1 amide bonds. The van der Waals surface area contributed by atoms with Gasteiger partial charge in [0, 0.05) is 25.9 Å². The summed E-state index contributed by atoms with van der Waals surface area (Å²) in [5.74, 6) is 1.20.